The molecule has 1 unspecified atom stereocenters. The van der Waals surface area contributed by atoms with Crippen molar-refractivity contribution in [2.75, 3.05) is 26.3 Å². The van der Waals surface area contributed by atoms with Crippen LogP contribution in [0, 0.1) is 13.8 Å². The van der Waals surface area contributed by atoms with Gasteiger partial charge in [0.15, 0.2) is 0 Å². The second kappa shape index (κ2) is 10.2. The number of carbonyl (C=O) groups excluding carboxylic acids is 1. The number of likely N-dealkylation sites (tertiary alicyclic amines) is 1. The van der Waals surface area contributed by atoms with Gasteiger partial charge in [-0.25, -0.2) is 4.98 Å². The monoisotopic (exact) mass is 471 g/mol. The summed E-state index contributed by atoms with van der Waals surface area (Å²) in [5.41, 5.74) is 3.79. The number of piperidine rings is 1. The van der Waals surface area contributed by atoms with Gasteiger partial charge in [-0.05, 0) is 57.2 Å². The van der Waals surface area contributed by atoms with Crippen LogP contribution in [0.25, 0.3) is 0 Å². The number of aromatic nitrogens is 2. The molecule has 0 bridgehead atoms. The summed E-state index contributed by atoms with van der Waals surface area (Å²) in [4.78, 5) is 25.5. The first-order chi connectivity index (χ1) is 17.0. The highest BCUT2D eigenvalue weighted by atomic mass is 16.5. The Balaban J connectivity index is 1.42. The number of hydrogen-bond acceptors (Lipinski definition) is 5. The lowest BCUT2D eigenvalue weighted by molar-refractivity contribution is -0.142. The summed E-state index contributed by atoms with van der Waals surface area (Å²) in [7, 11) is 0. The van der Waals surface area contributed by atoms with Crippen LogP contribution in [0.2, 0.25) is 0 Å². The Hall–Kier alpha value is -3.25. The molecular weight excluding hydrogens is 438 g/mol. The fourth-order valence-electron chi connectivity index (χ4n) is 5.58. The number of carbonyl (C=O) groups is 1. The van der Waals surface area contributed by atoms with Crippen LogP contribution in [0.3, 0.4) is 0 Å². The smallest absolute Gasteiger partial charge is 0.241 e. The fraction of sp³-hybridized carbons (Fsp3) is 0.414. The maximum Gasteiger partial charge on any atom is 0.241 e. The topological polar surface area (TPSA) is 64.6 Å². The summed E-state index contributed by atoms with van der Waals surface area (Å²) in [5.74, 6) is 1.54. The number of amides is 1. The lowest BCUT2D eigenvalue weighted by atomic mass is 9.71. The van der Waals surface area contributed by atoms with Crippen LogP contribution < -0.4 is 4.74 Å². The summed E-state index contributed by atoms with van der Waals surface area (Å²) in [6.07, 6.45) is 6.67. The Morgan fingerprint density at radius 2 is 1.74 bits per heavy atom. The third-order valence-electron chi connectivity index (χ3n) is 7.27. The molecule has 5 rings (SSSR count). The second-order valence-electron chi connectivity index (χ2n) is 9.82. The summed E-state index contributed by atoms with van der Waals surface area (Å²) in [5, 5.41) is 0. The van der Waals surface area contributed by atoms with Gasteiger partial charge in [0, 0.05) is 44.6 Å². The van der Waals surface area contributed by atoms with Crippen molar-refractivity contribution in [2.24, 2.45) is 0 Å². The van der Waals surface area contributed by atoms with E-state index in [4.69, 9.17) is 9.47 Å². The number of rotatable bonds is 5. The first-order valence-electron chi connectivity index (χ1n) is 12.5. The van der Waals surface area contributed by atoms with E-state index in [2.05, 4.69) is 46.9 Å². The van der Waals surface area contributed by atoms with E-state index in [0.717, 1.165) is 36.4 Å². The quantitative estimate of drug-likeness (QED) is 0.503. The van der Waals surface area contributed by atoms with Crippen molar-refractivity contribution in [3.63, 3.8) is 0 Å². The molecule has 6 nitrogen and oxygen atoms in total. The van der Waals surface area contributed by atoms with Crippen molar-refractivity contribution < 1.29 is 14.3 Å². The molecule has 2 aromatic carbocycles. The SMILES string of the molecule is Cc1cc(C)cc(C2(C(=O)N3CCCC(c4nccnc4Oc4ccccc4)C3)CCOCC2)c1. The first-order valence-corrected chi connectivity index (χ1v) is 12.5. The Kier molecular flexibility index (Phi) is 6.82. The minimum absolute atomic E-state index is 0.0799. The van der Waals surface area contributed by atoms with Gasteiger partial charge in [0.05, 0.1) is 5.41 Å². The van der Waals surface area contributed by atoms with Gasteiger partial charge in [-0.2, -0.15) is 0 Å². The molecule has 0 spiro atoms. The molecule has 0 aliphatic carbocycles. The van der Waals surface area contributed by atoms with Crippen molar-refractivity contribution in [1.82, 2.24) is 14.9 Å². The normalized spacial score (nSPS) is 19.8. The molecule has 182 valence electrons. The fourth-order valence-corrected chi connectivity index (χ4v) is 5.58. The van der Waals surface area contributed by atoms with Crippen LogP contribution in [-0.4, -0.2) is 47.1 Å². The average molecular weight is 472 g/mol. The van der Waals surface area contributed by atoms with Crippen LogP contribution in [-0.2, 0) is 14.9 Å². The molecule has 2 aliphatic heterocycles. The zero-order valence-corrected chi connectivity index (χ0v) is 20.6. The van der Waals surface area contributed by atoms with Crippen LogP contribution in [0.5, 0.6) is 11.6 Å². The molecule has 3 heterocycles. The third-order valence-corrected chi connectivity index (χ3v) is 7.27. The summed E-state index contributed by atoms with van der Waals surface area (Å²) in [6.45, 7) is 6.80. The van der Waals surface area contributed by atoms with Crippen molar-refractivity contribution in [1.29, 1.82) is 0 Å². The summed E-state index contributed by atoms with van der Waals surface area (Å²) >= 11 is 0. The second-order valence-corrected chi connectivity index (χ2v) is 9.82. The zero-order valence-electron chi connectivity index (χ0n) is 20.6. The molecule has 0 N–H and O–H groups in total. The van der Waals surface area contributed by atoms with Gasteiger partial charge in [0.1, 0.15) is 11.4 Å². The van der Waals surface area contributed by atoms with E-state index in [-0.39, 0.29) is 11.8 Å². The third kappa shape index (κ3) is 4.94. The number of ether oxygens (including phenoxy) is 2. The predicted octanol–water partition coefficient (Wildman–Crippen LogP) is 5.34. The van der Waals surface area contributed by atoms with E-state index in [1.807, 2.05) is 30.3 Å². The van der Waals surface area contributed by atoms with E-state index in [9.17, 15) is 4.79 Å². The van der Waals surface area contributed by atoms with Gasteiger partial charge in [-0.3, -0.25) is 9.78 Å². The molecule has 0 radical (unpaired) electrons. The molecule has 2 aliphatic rings. The standard InChI is InChI=1S/C29H33N3O3/c1-21-17-22(2)19-24(18-21)29(10-15-34-16-11-29)28(33)32-14-6-7-23(20-32)26-27(31-13-12-30-26)35-25-8-4-3-5-9-25/h3-5,8-9,12-13,17-19,23H,6-7,10-11,14-16,20H2,1-2H3. The lowest BCUT2D eigenvalue weighted by Gasteiger charge is -2.43. The molecule has 35 heavy (non-hydrogen) atoms. The van der Waals surface area contributed by atoms with Gasteiger partial charge in [0.25, 0.3) is 0 Å². The molecule has 6 heteroatoms. The van der Waals surface area contributed by atoms with E-state index in [1.54, 1.807) is 12.4 Å². The van der Waals surface area contributed by atoms with Gasteiger partial charge in [-0.15, -0.1) is 0 Å². The van der Waals surface area contributed by atoms with Gasteiger partial charge in [-0.1, -0.05) is 47.5 Å². The maximum atomic E-state index is 14.3. The van der Waals surface area contributed by atoms with Crippen LogP contribution in [0.15, 0.2) is 60.9 Å². The molecule has 1 atom stereocenters. The number of hydrogen-bond donors (Lipinski definition) is 0. The molecular formula is C29H33N3O3. The van der Waals surface area contributed by atoms with Crippen LogP contribution >= 0.6 is 0 Å². The highest BCUT2D eigenvalue weighted by Crippen LogP contribution is 2.40. The maximum absolute atomic E-state index is 14.3. The van der Waals surface area contributed by atoms with Crippen LogP contribution in [0.1, 0.15) is 54.0 Å². The Morgan fingerprint density at radius 3 is 2.49 bits per heavy atom. The van der Waals surface area contributed by atoms with Gasteiger partial charge < -0.3 is 14.4 Å². The average Bonchev–Trinajstić information content (AvgIpc) is 2.89. The molecule has 3 aromatic rings. The Bertz CT molecular complexity index is 1150. The van der Waals surface area contributed by atoms with Crippen LogP contribution in [0.4, 0.5) is 0 Å². The highest BCUT2D eigenvalue weighted by Gasteiger charge is 2.45. The van der Waals surface area contributed by atoms with E-state index in [1.165, 1.54) is 11.1 Å². The minimum Gasteiger partial charge on any atom is -0.437 e. The van der Waals surface area contributed by atoms with Crippen molar-refractivity contribution in [2.45, 2.75) is 50.9 Å². The number of para-hydroxylation sites is 1. The zero-order chi connectivity index (χ0) is 24.3. The summed E-state index contributed by atoms with van der Waals surface area (Å²) in [6, 6.07) is 16.2. The van der Waals surface area contributed by atoms with E-state index >= 15 is 0 Å². The first kappa shape index (κ1) is 23.5. The predicted molar refractivity (Wildman–Crippen MR) is 135 cm³/mol. The summed E-state index contributed by atoms with van der Waals surface area (Å²) < 4.78 is 11.8. The number of aryl methyl sites for hydroxylation is 2. The Labute approximate surface area is 207 Å². The molecule has 2 fully saturated rings. The van der Waals surface area contributed by atoms with Crippen molar-refractivity contribution >= 4 is 5.91 Å². The van der Waals surface area contributed by atoms with E-state index in [0.29, 0.717) is 38.5 Å². The molecule has 1 amide bonds. The molecule has 2 saturated heterocycles. The van der Waals surface area contributed by atoms with Crippen molar-refractivity contribution in [3.05, 3.63) is 83.3 Å². The van der Waals surface area contributed by atoms with Gasteiger partial charge in [0.2, 0.25) is 11.8 Å². The number of benzene rings is 2. The molecule has 1 aromatic heterocycles. The Morgan fingerprint density at radius 1 is 1.03 bits per heavy atom. The largest absolute Gasteiger partial charge is 0.437 e. The molecule has 0 saturated carbocycles. The minimum atomic E-state index is -0.539. The van der Waals surface area contributed by atoms with Crippen molar-refractivity contribution in [3.8, 4) is 11.6 Å². The highest BCUT2D eigenvalue weighted by molar-refractivity contribution is 5.88. The number of nitrogens with zero attached hydrogens (tertiary/aromatic N) is 3. The van der Waals surface area contributed by atoms with Gasteiger partial charge >= 0.3 is 0 Å². The lowest BCUT2D eigenvalue weighted by Crippen LogP contribution is -2.52. The van der Waals surface area contributed by atoms with E-state index < -0.39 is 5.41 Å².